The van der Waals surface area contributed by atoms with Crippen molar-refractivity contribution in [3.63, 3.8) is 0 Å². The lowest BCUT2D eigenvalue weighted by Gasteiger charge is -2.43. The van der Waals surface area contributed by atoms with E-state index in [1.807, 2.05) is 0 Å². The fourth-order valence-corrected chi connectivity index (χ4v) is 4.67. The molecule has 0 radical (unpaired) electrons. The van der Waals surface area contributed by atoms with Crippen LogP contribution in [0.15, 0.2) is 0 Å². The lowest BCUT2D eigenvalue weighted by atomic mass is 9.84. The summed E-state index contributed by atoms with van der Waals surface area (Å²) in [7, 11) is 0. The molecule has 0 aromatic heterocycles. The Morgan fingerprint density at radius 2 is 2.05 bits per heavy atom. The normalized spacial score (nSPS) is 43.6. The number of rotatable bonds is 4. The van der Waals surface area contributed by atoms with Crippen LogP contribution in [0, 0.1) is 5.92 Å². The van der Waals surface area contributed by atoms with Crippen molar-refractivity contribution in [3.05, 3.63) is 0 Å². The van der Waals surface area contributed by atoms with Crippen LogP contribution < -0.4 is 11.1 Å². The molecule has 1 aliphatic carbocycles. The van der Waals surface area contributed by atoms with Crippen LogP contribution in [-0.4, -0.2) is 53.9 Å². The van der Waals surface area contributed by atoms with Crippen molar-refractivity contribution in [2.45, 2.75) is 62.6 Å². The Hall–Kier alpha value is -0.160. The number of hydrogen-bond donors (Lipinski definition) is 3. The summed E-state index contributed by atoms with van der Waals surface area (Å²) in [5.41, 5.74) is 6.30. The zero-order valence-electron chi connectivity index (χ0n) is 12.0. The van der Waals surface area contributed by atoms with E-state index in [1.54, 1.807) is 0 Å². The van der Waals surface area contributed by atoms with E-state index in [2.05, 4.69) is 10.2 Å². The molecule has 2 saturated heterocycles. The van der Waals surface area contributed by atoms with Gasteiger partial charge in [0, 0.05) is 37.3 Å². The molecule has 4 unspecified atom stereocenters. The summed E-state index contributed by atoms with van der Waals surface area (Å²) in [6, 6.07) is 1.11. The lowest BCUT2D eigenvalue weighted by molar-refractivity contribution is 0.117. The molecule has 1 saturated carbocycles. The van der Waals surface area contributed by atoms with E-state index < -0.39 is 0 Å². The van der Waals surface area contributed by atoms with Crippen LogP contribution >= 0.6 is 0 Å². The van der Waals surface area contributed by atoms with Crippen LogP contribution in [0.2, 0.25) is 0 Å². The highest BCUT2D eigenvalue weighted by molar-refractivity contribution is 5.09. The van der Waals surface area contributed by atoms with Crippen molar-refractivity contribution in [2.75, 3.05) is 26.2 Å². The summed E-state index contributed by atoms with van der Waals surface area (Å²) >= 11 is 0. The van der Waals surface area contributed by atoms with Gasteiger partial charge in [0.1, 0.15) is 0 Å². The van der Waals surface area contributed by atoms with Crippen molar-refractivity contribution in [1.29, 1.82) is 0 Å². The van der Waals surface area contributed by atoms with Gasteiger partial charge in [0.25, 0.3) is 0 Å². The van der Waals surface area contributed by atoms with Gasteiger partial charge in [-0.25, -0.2) is 0 Å². The molecule has 4 heteroatoms. The van der Waals surface area contributed by atoms with Crippen molar-refractivity contribution in [1.82, 2.24) is 10.2 Å². The van der Waals surface area contributed by atoms with Crippen LogP contribution in [-0.2, 0) is 0 Å². The van der Waals surface area contributed by atoms with Gasteiger partial charge in [-0.15, -0.1) is 0 Å². The molecule has 0 bridgehead atoms. The summed E-state index contributed by atoms with van der Waals surface area (Å²) < 4.78 is 0. The van der Waals surface area contributed by atoms with Gasteiger partial charge < -0.3 is 16.2 Å². The Balaban J connectivity index is 1.72. The Kier molecular flexibility index (Phi) is 4.13. The predicted molar refractivity (Wildman–Crippen MR) is 77.0 cm³/mol. The number of nitrogens with two attached hydrogens (primary N) is 1. The number of aliphatic hydroxyl groups excluding tert-OH is 1. The van der Waals surface area contributed by atoms with Crippen molar-refractivity contribution in [3.8, 4) is 0 Å². The first-order valence-electron chi connectivity index (χ1n) is 8.12. The Morgan fingerprint density at radius 1 is 1.16 bits per heavy atom. The molecule has 4 N–H and O–H groups in total. The van der Waals surface area contributed by atoms with Gasteiger partial charge in [-0.2, -0.15) is 0 Å². The molecule has 4 atom stereocenters. The van der Waals surface area contributed by atoms with Gasteiger partial charge in [-0.1, -0.05) is 12.8 Å². The Bertz CT molecular complexity index is 312. The van der Waals surface area contributed by atoms with Gasteiger partial charge in [-0.05, 0) is 44.6 Å². The van der Waals surface area contributed by atoms with E-state index in [9.17, 15) is 5.11 Å². The van der Waals surface area contributed by atoms with E-state index in [-0.39, 0.29) is 5.54 Å². The minimum absolute atomic E-state index is 0.114. The highest BCUT2D eigenvalue weighted by Gasteiger charge is 2.48. The van der Waals surface area contributed by atoms with Crippen LogP contribution in [0.25, 0.3) is 0 Å². The lowest BCUT2D eigenvalue weighted by Crippen LogP contribution is -2.63. The van der Waals surface area contributed by atoms with E-state index in [0.29, 0.717) is 24.6 Å². The predicted octanol–water partition coefficient (Wildman–Crippen LogP) is 0.693. The van der Waals surface area contributed by atoms with E-state index >= 15 is 0 Å². The molecule has 3 fully saturated rings. The van der Waals surface area contributed by atoms with Gasteiger partial charge >= 0.3 is 0 Å². The standard InChI is InChI=1S/C15H29N3O/c16-11-15(17-13-5-3-4-12(13)10-19)7-9-18-8-2-1-6-14(15)18/h12-14,17,19H,1-11,16H2. The second-order valence-corrected chi connectivity index (χ2v) is 6.78. The summed E-state index contributed by atoms with van der Waals surface area (Å²) in [6.07, 6.45) is 8.79. The maximum atomic E-state index is 9.52. The quantitative estimate of drug-likeness (QED) is 0.701. The summed E-state index contributed by atoms with van der Waals surface area (Å²) in [5, 5.41) is 13.4. The average molecular weight is 267 g/mol. The first-order valence-corrected chi connectivity index (χ1v) is 8.12. The van der Waals surface area contributed by atoms with Gasteiger partial charge in [-0.3, -0.25) is 4.90 Å². The Morgan fingerprint density at radius 3 is 2.84 bits per heavy atom. The van der Waals surface area contributed by atoms with Gasteiger partial charge in [0.15, 0.2) is 0 Å². The van der Waals surface area contributed by atoms with E-state index in [4.69, 9.17) is 5.73 Å². The number of nitrogens with one attached hydrogen (secondary N) is 1. The van der Waals surface area contributed by atoms with Crippen LogP contribution in [0.5, 0.6) is 0 Å². The minimum Gasteiger partial charge on any atom is -0.396 e. The summed E-state index contributed by atoms with van der Waals surface area (Å²) in [4.78, 5) is 2.65. The second-order valence-electron chi connectivity index (χ2n) is 6.78. The first-order chi connectivity index (χ1) is 9.29. The SMILES string of the molecule is NCC1(NC2CCCC2CO)CCN2CCCCC21. The minimum atomic E-state index is 0.114. The number of fused-ring (bicyclic) bond motifs is 1. The maximum Gasteiger partial charge on any atom is 0.0475 e. The molecule has 110 valence electrons. The van der Waals surface area contributed by atoms with Crippen LogP contribution in [0.3, 0.4) is 0 Å². The van der Waals surface area contributed by atoms with Gasteiger partial charge in [0.05, 0.1) is 0 Å². The number of nitrogens with zero attached hydrogens (tertiary/aromatic N) is 1. The molecule has 0 aromatic carbocycles. The molecule has 3 aliphatic rings. The molecule has 19 heavy (non-hydrogen) atoms. The molecule has 0 amide bonds. The summed E-state index contributed by atoms with van der Waals surface area (Å²) in [5.74, 6) is 0.445. The Labute approximate surface area is 116 Å². The monoisotopic (exact) mass is 267 g/mol. The van der Waals surface area contributed by atoms with Crippen LogP contribution in [0.4, 0.5) is 0 Å². The second kappa shape index (κ2) is 5.68. The molecule has 0 aromatic rings. The third kappa shape index (κ3) is 2.44. The molecule has 3 rings (SSSR count). The average Bonchev–Trinajstić information content (AvgIpc) is 3.05. The third-order valence-electron chi connectivity index (χ3n) is 5.83. The van der Waals surface area contributed by atoms with Crippen molar-refractivity contribution < 1.29 is 5.11 Å². The molecular formula is C15H29N3O. The smallest absolute Gasteiger partial charge is 0.0475 e. The fraction of sp³-hybridized carbons (Fsp3) is 1.00. The molecule has 2 aliphatic heterocycles. The highest BCUT2D eigenvalue weighted by Crippen LogP contribution is 2.37. The number of hydrogen-bond acceptors (Lipinski definition) is 4. The highest BCUT2D eigenvalue weighted by atomic mass is 16.3. The fourth-order valence-electron chi connectivity index (χ4n) is 4.67. The third-order valence-corrected chi connectivity index (χ3v) is 5.83. The molecule has 2 heterocycles. The zero-order chi connectivity index (χ0) is 13.3. The largest absolute Gasteiger partial charge is 0.396 e. The topological polar surface area (TPSA) is 61.5 Å². The number of aliphatic hydroxyl groups is 1. The molecular weight excluding hydrogens is 238 g/mol. The van der Waals surface area contributed by atoms with Gasteiger partial charge in [0.2, 0.25) is 0 Å². The molecule has 4 nitrogen and oxygen atoms in total. The van der Waals surface area contributed by atoms with E-state index in [1.165, 1.54) is 58.0 Å². The van der Waals surface area contributed by atoms with Crippen LogP contribution in [0.1, 0.15) is 44.9 Å². The van der Waals surface area contributed by atoms with E-state index in [0.717, 1.165) is 6.54 Å². The first kappa shape index (κ1) is 13.8. The molecule has 0 spiro atoms. The summed E-state index contributed by atoms with van der Waals surface area (Å²) in [6.45, 7) is 3.52. The van der Waals surface area contributed by atoms with Crippen molar-refractivity contribution in [2.24, 2.45) is 11.7 Å². The van der Waals surface area contributed by atoms with Crippen molar-refractivity contribution >= 4 is 0 Å². The maximum absolute atomic E-state index is 9.52. The zero-order valence-corrected chi connectivity index (χ0v) is 12.0. The number of piperidine rings is 1.